The van der Waals surface area contributed by atoms with Gasteiger partial charge < -0.3 is 4.90 Å². The van der Waals surface area contributed by atoms with E-state index in [9.17, 15) is 0 Å². The van der Waals surface area contributed by atoms with Crippen LogP contribution in [-0.4, -0.2) is 7.05 Å². The number of rotatable bonds is 3. The summed E-state index contributed by atoms with van der Waals surface area (Å²) in [5.74, 6) is 0. The monoisotopic (exact) mass is 314 g/mol. The Labute approximate surface area is 122 Å². The highest BCUT2D eigenvalue weighted by Gasteiger charge is 2.05. The van der Waals surface area contributed by atoms with Crippen molar-refractivity contribution in [1.82, 2.24) is 0 Å². The molecular formula is C16H15BrN2. The van der Waals surface area contributed by atoms with Crippen molar-refractivity contribution in [2.45, 2.75) is 13.5 Å². The number of nitrogens with zero attached hydrogens (tertiary/aromatic N) is 2. The molecule has 0 heterocycles. The van der Waals surface area contributed by atoms with Crippen molar-refractivity contribution in [3.05, 3.63) is 63.6 Å². The van der Waals surface area contributed by atoms with Gasteiger partial charge >= 0.3 is 0 Å². The summed E-state index contributed by atoms with van der Waals surface area (Å²) in [5.41, 5.74) is 4.12. The fourth-order valence-corrected chi connectivity index (χ4v) is 2.46. The lowest BCUT2D eigenvalue weighted by molar-refractivity contribution is 0.921. The Kier molecular flexibility index (Phi) is 4.24. The second-order valence-corrected chi connectivity index (χ2v) is 5.51. The van der Waals surface area contributed by atoms with Crippen molar-refractivity contribution in [3.63, 3.8) is 0 Å². The third-order valence-electron chi connectivity index (χ3n) is 3.08. The molecule has 3 heteroatoms. The van der Waals surface area contributed by atoms with Crippen molar-refractivity contribution in [2.24, 2.45) is 0 Å². The van der Waals surface area contributed by atoms with Crippen LogP contribution in [0.15, 0.2) is 46.9 Å². The quantitative estimate of drug-likeness (QED) is 0.846. The molecule has 2 nitrogen and oxygen atoms in total. The topological polar surface area (TPSA) is 27.0 Å². The first-order valence-corrected chi connectivity index (χ1v) is 6.86. The Morgan fingerprint density at radius 1 is 1.21 bits per heavy atom. The van der Waals surface area contributed by atoms with Gasteiger partial charge in [0.1, 0.15) is 0 Å². The van der Waals surface area contributed by atoms with Gasteiger partial charge in [-0.1, -0.05) is 28.1 Å². The van der Waals surface area contributed by atoms with E-state index in [4.69, 9.17) is 5.26 Å². The number of anilines is 1. The van der Waals surface area contributed by atoms with Gasteiger partial charge in [0.25, 0.3) is 0 Å². The number of halogens is 1. The smallest absolute Gasteiger partial charge is 0.0994 e. The Hall–Kier alpha value is -1.79. The standard InChI is InChI=1S/C16H15BrN2/c1-12-8-16(7-6-14(12)10-18)19(2)11-13-4-3-5-15(17)9-13/h3-9H,11H2,1-2H3. The van der Waals surface area contributed by atoms with Gasteiger partial charge in [-0.2, -0.15) is 5.26 Å². The molecule has 19 heavy (non-hydrogen) atoms. The molecule has 0 unspecified atom stereocenters. The third kappa shape index (κ3) is 3.36. The first-order valence-electron chi connectivity index (χ1n) is 6.06. The highest BCUT2D eigenvalue weighted by molar-refractivity contribution is 9.10. The van der Waals surface area contributed by atoms with E-state index in [1.165, 1.54) is 5.56 Å². The van der Waals surface area contributed by atoms with Crippen LogP contribution >= 0.6 is 15.9 Å². The fourth-order valence-electron chi connectivity index (χ4n) is 2.01. The Bertz CT molecular complexity index is 629. The number of hydrogen-bond donors (Lipinski definition) is 0. The zero-order valence-electron chi connectivity index (χ0n) is 11.0. The second kappa shape index (κ2) is 5.90. The van der Waals surface area contributed by atoms with Gasteiger partial charge in [0, 0.05) is 23.8 Å². The number of hydrogen-bond acceptors (Lipinski definition) is 2. The Balaban J connectivity index is 2.18. The van der Waals surface area contributed by atoms with Crippen LogP contribution in [0.2, 0.25) is 0 Å². The summed E-state index contributed by atoms with van der Waals surface area (Å²) < 4.78 is 1.09. The van der Waals surface area contributed by atoms with Gasteiger partial charge in [-0.3, -0.25) is 0 Å². The summed E-state index contributed by atoms with van der Waals surface area (Å²) in [6.07, 6.45) is 0. The van der Waals surface area contributed by atoms with E-state index in [0.29, 0.717) is 0 Å². The number of nitriles is 1. The van der Waals surface area contributed by atoms with Gasteiger partial charge in [0.05, 0.1) is 11.6 Å². The van der Waals surface area contributed by atoms with Crippen molar-refractivity contribution in [2.75, 3.05) is 11.9 Å². The molecule has 0 atom stereocenters. The highest BCUT2D eigenvalue weighted by Crippen LogP contribution is 2.20. The van der Waals surface area contributed by atoms with Crippen molar-refractivity contribution in [1.29, 1.82) is 5.26 Å². The predicted octanol–water partition coefficient (Wildman–Crippen LogP) is 4.27. The van der Waals surface area contributed by atoms with E-state index < -0.39 is 0 Å². The largest absolute Gasteiger partial charge is 0.370 e. The molecule has 0 aromatic heterocycles. The molecule has 0 fully saturated rings. The highest BCUT2D eigenvalue weighted by atomic mass is 79.9. The fraction of sp³-hybridized carbons (Fsp3) is 0.188. The molecule has 0 radical (unpaired) electrons. The molecule has 0 spiro atoms. The minimum absolute atomic E-state index is 0.736. The van der Waals surface area contributed by atoms with Gasteiger partial charge in [0.2, 0.25) is 0 Å². The van der Waals surface area contributed by atoms with E-state index >= 15 is 0 Å². The lowest BCUT2D eigenvalue weighted by Crippen LogP contribution is -2.16. The molecule has 0 aliphatic rings. The van der Waals surface area contributed by atoms with Crippen LogP contribution in [0.25, 0.3) is 0 Å². The summed E-state index contributed by atoms with van der Waals surface area (Å²) in [7, 11) is 2.06. The maximum absolute atomic E-state index is 8.94. The SMILES string of the molecule is Cc1cc(N(C)Cc2cccc(Br)c2)ccc1C#N. The van der Waals surface area contributed by atoms with Gasteiger partial charge in [-0.15, -0.1) is 0 Å². The predicted molar refractivity (Wildman–Crippen MR) is 82.1 cm³/mol. The molecule has 0 N–H and O–H groups in total. The molecule has 0 amide bonds. The normalized spacial score (nSPS) is 10.0. The summed E-state index contributed by atoms with van der Waals surface area (Å²) in [6, 6.07) is 16.4. The lowest BCUT2D eigenvalue weighted by Gasteiger charge is -2.20. The van der Waals surface area contributed by atoms with Crippen molar-refractivity contribution in [3.8, 4) is 6.07 Å². The molecule has 0 bridgehead atoms. The van der Waals surface area contributed by atoms with Crippen molar-refractivity contribution < 1.29 is 0 Å². The van der Waals surface area contributed by atoms with E-state index in [2.05, 4.69) is 52.1 Å². The van der Waals surface area contributed by atoms with Gasteiger partial charge in [-0.25, -0.2) is 0 Å². The Morgan fingerprint density at radius 3 is 2.63 bits per heavy atom. The van der Waals surface area contributed by atoms with Crippen LogP contribution in [0.5, 0.6) is 0 Å². The molecule has 0 aliphatic heterocycles. The van der Waals surface area contributed by atoms with Crippen molar-refractivity contribution >= 4 is 21.6 Å². The molecule has 2 aromatic rings. The van der Waals surface area contributed by atoms with Crippen LogP contribution in [-0.2, 0) is 6.54 Å². The average Bonchev–Trinajstić information content (AvgIpc) is 2.38. The molecule has 0 aliphatic carbocycles. The van der Waals surface area contributed by atoms with Crippen LogP contribution < -0.4 is 4.90 Å². The van der Waals surface area contributed by atoms with Crippen LogP contribution in [0.1, 0.15) is 16.7 Å². The van der Waals surface area contributed by atoms with Gasteiger partial charge in [0.15, 0.2) is 0 Å². The molecule has 0 saturated heterocycles. The molecular weight excluding hydrogens is 300 g/mol. The van der Waals surface area contributed by atoms with E-state index in [1.54, 1.807) is 0 Å². The van der Waals surface area contributed by atoms with Crippen LogP contribution in [0.3, 0.4) is 0 Å². The van der Waals surface area contributed by atoms with E-state index in [0.717, 1.165) is 27.8 Å². The molecule has 2 aromatic carbocycles. The lowest BCUT2D eigenvalue weighted by atomic mass is 10.1. The molecule has 96 valence electrons. The van der Waals surface area contributed by atoms with E-state index in [-0.39, 0.29) is 0 Å². The van der Waals surface area contributed by atoms with Gasteiger partial charge in [-0.05, 0) is 48.4 Å². The second-order valence-electron chi connectivity index (χ2n) is 4.60. The molecule has 2 rings (SSSR count). The van der Waals surface area contributed by atoms with Crippen LogP contribution in [0, 0.1) is 18.3 Å². The maximum atomic E-state index is 8.94. The minimum atomic E-state index is 0.736. The summed E-state index contributed by atoms with van der Waals surface area (Å²) >= 11 is 3.48. The van der Waals surface area contributed by atoms with Crippen LogP contribution in [0.4, 0.5) is 5.69 Å². The minimum Gasteiger partial charge on any atom is -0.370 e. The average molecular weight is 315 g/mol. The van der Waals surface area contributed by atoms with E-state index in [1.807, 2.05) is 31.2 Å². The summed E-state index contributed by atoms with van der Waals surface area (Å²) in [6.45, 7) is 2.81. The molecule has 0 saturated carbocycles. The zero-order valence-corrected chi connectivity index (χ0v) is 12.6. The first kappa shape index (κ1) is 13.6. The number of aryl methyl sites for hydroxylation is 1. The maximum Gasteiger partial charge on any atom is 0.0994 e. The third-order valence-corrected chi connectivity index (χ3v) is 3.57. The summed E-state index contributed by atoms with van der Waals surface area (Å²) in [4.78, 5) is 2.18. The summed E-state index contributed by atoms with van der Waals surface area (Å²) in [5, 5.41) is 8.94. The zero-order chi connectivity index (χ0) is 13.8. The number of benzene rings is 2. The first-order chi connectivity index (χ1) is 9.10. The Morgan fingerprint density at radius 2 is 2.00 bits per heavy atom.